The number of cyclic esters (lactones) is 1. The second kappa shape index (κ2) is 10.7. The first kappa shape index (κ1) is 30.9. The van der Waals surface area contributed by atoms with E-state index in [1.54, 1.807) is 34.7 Å². The Hall–Kier alpha value is -3.05. The van der Waals surface area contributed by atoms with E-state index in [0.717, 1.165) is 0 Å². The summed E-state index contributed by atoms with van der Waals surface area (Å²) in [4.78, 5) is 67.8. The van der Waals surface area contributed by atoms with Gasteiger partial charge in [-0.3, -0.25) is 19.2 Å². The summed E-state index contributed by atoms with van der Waals surface area (Å²) >= 11 is 0. The molecule has 226 valence electrons. The molecule has 0 radical (unpaired) electrons. The Morgan fingerprint density at radius 2 is 1.80 bits per heavy atom. The number of carbonyl (C=O) groups is 5. The van der Waals surface area contributed by atoms with Crippen LogP contribution in [0.4, 0.5) is 0 Å². The van der Waals surface area contributed by atoms with Crippen LogP contribution in [-0.4, -0.2) is 91.2 Å². The summed E-state index contributed by atoms with van der Waals surface area (Å²) in [6, 6.07) is 0. The molecular weight excluding hydrogens is 534 g/mol. The number of ketones is 2. The minimum absolute atomic E-state index is 0.0714. The summed E-state index contributed by atoms with van der Waals surface area (Å²) in [5, 5.41) is 10.9. The Bertz CT molecular complexity index is 1240. The SMILES string of the molecule is COCC(=C1C(=O)OCC2(C)C3=C(C(=O)C(=O)C12)C1CCC(O)C1(C)CC3OC(C)=O)N(C)CC(=O)OC(C)(C)C. The van der Waals surface area contributed by atoms with E-state index < -0.39 is 69.9 Å². The van der Waals surface area contributed by atoms with E-state index in [2.05, 4.69) is 0 Å². The average molecular weight is 576 g/mol. The molecule has 1 heterocycles. The predicted molar refractivity (Wildman–Crippen MR) is 144 cm³/mol. The van der Waals surface area contributed by atoms with E-state index in [0.29, 0.717) is 18.4 Å². The lowest BCUT2D eigenvalue weighted by Crippen LogP contribution is -2.59. The van der Waals surface area contributed by atoms with Gasteiger partial charge in [0, 0.05) is 37.5 Å². The molecular formula is C30H41NO10. The lowest BCUT2D eigenvalue weighted by molar-refractivity contribution is -0.161. The van der Waals surface area contributed by atoms with Crippen LogP contribution in [-0.2, 0) is 42.9 Å². The number of aliphatic hydroxyl groups excluding tert-OH is 1. The van der Waals surface area contributed by atoms with Crippen LogP contribution in [0, 0.1) is 22.7 Å². The third-order valence-corrected chi connectivity index (χ3v) is 9.01. The van der Waals surface area contributed by atoms with Gasteiger partial charge in [-0.15, -0.1) is 0 Å². The van der Waals surface area contributed by atoms with Crippen LogP contribution in [0.25, 0.3) is 0 Å². The molecule has 6 atom stereocenters. The highest BCUT2D eigenvalue weighted by atomic mass is 16.6. The molecule has 0 aromatic carbocycles. The molecule has 0 aromatic heterocycles. The van der Waals surface area contributed by atoms with E-state index >= 15 is 0 Å². The first-order valence-electron chi connectivity index (χ1n) is 14.0. The Labute approximate surface area is 240 Å². The molecule has 1 saturated heterocycles. The second-order valence-corrected chi connectivity index (χ2v) is 13.1. The summed E-state index contributed by atoms with van der Waals surface area (Å²) in [6.45, 7) is 9.46. The summed E-state index contributed by atoms with van der Waals surface area (Å²) in [5.41, 5.74) is -1.85. The molecule has 0 bridgehead atoms. The Kier molecular flexibility index (Phi) is 8.03. The normalized spacial score (nSPS) is 34.3. The summed E-state index contributed by atoms with van der Waals surface area (Å²) in [5.74, 6) is -5.10. The van der Waals surface area contributed by atoms with Gasteiger partial charge in [0.2, 0.25) is 11.6 Å². The van der Waals surface area contributed by atoms with Gasteiger partial charge in [-0.25, -0.2) is 4.79 Å². The highest BCUT2D eigenvalue weighted by molar-refractivity contribution is 6.47. The number of nitrogens with zero attached hydrogens (tertiary/aromatic N) is 1. The van der Waals surface area contributed by atoms with Crippen molar-refractivity contribution in [3.8, 4) is 0 Å². The molecule has 1 N–H and O–H groups in total. The van der Waals surface area contributed by atoms with E-state index in [1.165, 1.54) is 18.9 Å². The topological polar surface area (TPSA) is 146 Å². The number of Topliss-reactive ketones (excluding diaryl/α,β-unsaturated/α-hetero) is 2. The van der Waals surface area contributed by atoms with Gasteiger partial charge in [-0.2, -0.15) is 0 Å². The van der Waals surface area contributed by atoms with Crippen LogP contribution in [0.5, 0.6) is 0 Å². The molecule has 11 heteroatoms. The van der Waals surface area contributed by atoms with Gasteiger partial charge in [0.1, 0.15) is 24.9 Å². The quantitative estimate of drug-likeness (QED) is 0.214. The number of allylic oxidation sites excluding steroid dienone is 1. The number of esters is 3. The van der Waals surface area contributed by atoms with Gasteiger partial charge < -0.3 is 29.0 Å². The molecule has 11 nitrogen and oxygen atoms in total. The average Bonchev–Trinajstić information content (AvgIpc) is 3.13. The summed E-state index contributed by atoms with van der Waals surface area (Å²) in [7, 11) is 2.98. The molecule has 0 aromatic rings. The molecule has 3 aliphatic carbocycles. The zero-order chi connectivity index (χ0) is 30.7. The molecule has 0 amide bonds. The fraction of sp³-hybridized carbons (Fsp3) is 0.700. The molecule has 1 aliphatic heterocycles. The number of rotatable bonds is 6. The maximum absolute atomic E-state index is 14.1. The van der Waals surface area contributed by atoms with Gasteiger partial charge >= 0.3 is 17.9 Å². The molecule has 41 heavy (non-hydrogen) atoms. The van der Waals surface area contributed by atoms with Crippen LogP contribution >= 0.6 is 0 Å². The van der Waals surface area contributed by atoms with Crippen LogP contribution < -0.4 is 0 Å². The lowest BCUT2D eigenvalue weighted by atomic mass is 9.51. The Balaban J connectivity index is 1.89. The largest absolute Gasteiger partial charge is 0.461 e. The smallest absolute Gasteiger partial charge is 0.336 e. The summed E-state index contributed by atoms with van der Waals surface area (Å²) < 4.78 is 22.3. The monoisotopic (exact) mass is 575 g/mol. The lowest BCUT2D eigenvalue weighted by Gasteiger charge is -2.53. The van der Waals surface area contributed by atoms with Gasteiger partial charge in [0.25, 0.3) is 0 Å². The van der Waals surface area contributed by atoms with Gasteiger partial charge in [0.05, 0.1) is 29.9 Å². The number of likely N-dealkylation sites (N-methyl/N-ethyl adjacent to an activating group) is 1. The highest BCUT2D eigenvalue weighted by Gasteiger charge is 2.65. The van der Waals surface area contributed by atoms with Crippen molar-refractivity contribution >= 4 is 29.5 Å². The van der Waals surface area contributed by atoms with Crippen LogP contribution in [0.1, 0.15) is 60.8 Å². The Morgan fingerprint density at radius 3 is 2.39 bits per heavy atom. The number of carbonyl (C=O) groups excluding carboxylic acids is 5. The van der Waals surface area contributed by atoms with E-state index in [9.17, 15) is 29.1 Å². The number of hydrogen-bond acceptors (Lipinski definition) is 11. The maximum atomic E-state index is 14.1. The van der Waals surface area contributed by atoms with Crippen molar-refractivity contribution in [3.05, 3.63) is 22.4 Å². The van der Waals surface area contributed by atoms with Crippen molar-refractivity contribution in [2.75, 3.05) is 33.9 Å². The zero-order valence-electron chi connectivity index (χ0n) is 25.1. The standard InChI is InChI=1S/C30H41NO10/c1-15(32)40-18-11-29(5)16(9-10-19(29)33)21-23(18)30(6)14-39-27(37)22(24(30)26(36)25(21)35)17(13-38-8)31(7)12-20(34)41-28(2,3)4/h16,18-19,24,33H,9-14H2,1-8H3. The highest BCUT2D eigenvalue weighted by Crippen LogP contribution is 2.62. The zero-order valence-corrected chi connectivity index (χ0v) is 25.1. The van der Waals surface area contributed by atoms with E-state index in [4.69, 9.17) is 18.9 Å². The van der Waals surface area contributed by atoms with Crippen molar-refractivity contribution < 1.29 is 48.0 Å². The van der Waals surface area contributed by atoms with Crippen molar-refractivity contribution in [3.63, 3.8) is 0 Å². The number of methoxy groups -OCH3 is 1. The first-order valence-corrected chi connectivity index (χ1v) is 14.0. The first-order chi connectivity index (χ1) is 19.0. The van der Waals surface area contributed by atoms with Gasteiger partial charge in [-0.1, -0.05) is 13.8 Å². The molecule has 2 fully saturated rings. The fourth-order valence-electron chi connectivity index (χ4n) is 7.30. The third-order valence-electron chi connectivity index (χ3n) is 9.01. The molecule has 6 unspecified atom stereocenters. The summed E-state index contributed by atoms with van der Waals surface area (Å²) in [6.07, 6.45) is -0.428. The van der Waals surface area contributed by atoms with E-state index in [-0.39, 0.29) is 43.0 Å². The number of fused-ring (bicyclic) bond motifs is 4. The van der Waals surface area contributed by atoms with Crippen molar-refractivity contribution in [1.29, 1.82) is 0 Å². The number of aliphatic hydroxyl groups is 1. The second-order valence-electron chi connectivity index (χ2n) is 13.1. The van der Waals surface area contributed by atoms with E-state index in [1.807, 2.05) is 6.92 Å². The van der Waals surface area contributed by atoms with Crippen LogP contribution in [0.2, 0.25) is 0 Å². The molecule has 4 aliphatic rings. The third kappa shape index (κ3) is 5.22. The van der Waals surface area contributed by atoms with Crippen LogP contribution in [0.15, 0.2) is 22.4 Å². The van der Waals surface area contributed by atoms with Gasteiger partial charge in [-0.05, 0) is 51.5 Å². The number of hydrogen-bond donors (Lipinski definition) is 1. The predicted octanol–water partition coefficient (Wildman–Crippen LogP) is 1.90. The van der Waals surface area contributed by atoms with Crippen molar-refractivity contribution in [1.82, 2.24) is 4.90 Å². The van der Waals surface area contributed by atoms with Crippen LogP contribution in [0.3, 0.4) is 0 Å². The Morgan fingerprint density at radius 1 is 1.15 bits per heavy atom. The molecule has 4 rings (SSSR count). The maximum Gasteiger partial charge on any atom is 0.336 e. The molecule has 1 saturated carbocycles. The fourth-order valence-corrected chi connectivity index (χ4v) is 7.30. The minimum Gasteiger partial charge on any atom is -0.461 e. The van der Waals surface area contributed by atoms with Crippen molar-refractivity contribution in [2.24, 2.45) is 22.7 Å². The number of ether oxygens (including phenoxy) is 4. The minimum atomic E-state index is -1.25. The van der Waals surface area contributed by atoms with Crippen molar-refractivity contribution in [2.45, 2.75) is 78.6 Å². The molecule has 0 spiro atoms. The van der Waals surface area contributed by atoms with Gasteiger partial charge in [0.15, 0.2) is 0 Å².